The van der Waals surface area contributed by atoms with Crippen molar-refractivity contribution in [1.82, 2.24) is 0 Å². The molecular formula is C25H25N3O3. The van der Waals surface area contributed by atoms with Crippen molar-refractivity contribution in [3.8, 4) is 0 Å². The SMILES string of the molecule is Cc1ccc(N[C@@H]2C[C@@H](C)N(C(=O)c3cccc([N+](=O)[O-])c3)c3ccc(C)cc32)cc1. The van der Waals surface area contributed by atoms with Crippen molar-refractivity contribution in [2.75, 3.05) is 10.2 Å². The first kappa shape index (κ1) is 20.6. The molecule has 1 aliphatic rings. The molecule has 0 fully saturated rings. The van der Waals surface area contributed by atoms with Gasteiger partial charge in [-0.05, 0) is 57.0 Å². The highest BCUT2D eigenvalue weighted by Crippen LogP contribution is 2.40. The number of amides is 1. The molecule has 0 spiro atoms. The molecular weight excluding hydrogens is 390 g/mol. The van der Waals surface area contributed by atoms with Gasteiger partial charge in [0.1, 0.15) is 0 Å². The van der Waals surface area contributed by atoms with Crippen molar-refractivity contribution in [2.45, 2.75) is 39.3 Å². The Balaban J connectivity index is 1.71. The normalized spacial score (nSPS) is 17.7. The van der Waals surface area contributed by atoms with Crippen LogP contribution in [-0.4, -0.2) is 16.9 Å². The van der Waals surface area contributed by atoms with Gasteiger partial charge in [-0.3, -0.25) is 14.9 Å². The summed E-state index contributed by atoms with van der Waals surface area (Å²) < 4.78 is 0. The van der Waals surface area contributed by atoms with Crippen molar-refractivity contribution < 1.29 is 9.72 Å². The van der Waals surface area contributed by atoms with Gasteiger partial charge in [0.25, 0.3) is 11.6 Å². The van der Waals surface area contributed by atoms with Crippen LogP contribution >= 0.6 is 0 Å². The van der Waals surface area contributed by atoms with Gasteiger partial charge in [0.05, 0.1) is 11.0 Å². The predicted octanol–water partition coefficient (Wildman–Crippen LogP) is 5.80. The van der Waals surface area contributed by atoms with Crippen molar-refractivity contribution in [3.63, 3.8) is 0 Å². The van der Waals surface area contributed by atoms with Gasteiger partial charge in [0, 0.05) is 35.1 Å². The van der Waals surface area contributed by atoms with Crippen LogP contribution in [0.1, 0.15) is 46.4 Å². The zero-order valence-electron chi connectivity index (χ0n) is 17.8. The van der Waals surface area contributed by atoms with Crippen molar-refractivity contribution in [2.24, 2.45) is 0 Å². The number of hydrogen-bond donors (Lipinski definition) is 1. The molecule has 3 aromatic carbocycles. The van der Waals surface area contributed by atoms with E-state index in [9.17, 15) is 14.9 Å². The minimum absolute atomic E-state index is 0.0572. The van der Waals surface area contributed by atoms with E-state index >= 15 is 0 Å². The molecule has 0 aromatic heterocycles. The van der Waals surface area contributed by atoms with Crippen LogP contribution in [0.2, 0.25) is 0 Å². The molecule has 158 valence electrons. The smallest absolute Gasteiger partial charge is 0.270 e. The van der Waals surface area contributed by atoms with E-state index in [1.54, 1.807) is 17.0 Å². The summed E-state index contributed by atoms with van der Waals surface area (Å²) in [6, 6.07) is 20.3. The Kier molecular flexibility index (Phi) is 5.46. The molecule has 3 aromatic rings. The van der Waals surface area contributed by atoms with Gasteiger partial charge in [-0.25, -0.2) is 0 Å². The number of fused-ring (bicyclic) bond motifs is 1. The number of nitro groups is 1. The van der Waals surface area contributed by atoms with E-state index < -0.39 is 4.92 Å². The lowest BCUT2D eigenvalue weighted by Crippen LogP contribution is -2.44. The number of anilines is 2. The van der Waals surface area contributed by atoms with Crippen molar-refractivity contribution in [1.29, 1.82) is 0 Å². The molecule has 2 atom stereocenters. The second-order valence-electron chi connectivity index (χ2n) is 8.19. The summed E-state index contributed by atoms with van der Waals surface area (Å²) >= 11 is 0. The van der Waals surface area contributed by atoms with E-state index in [2.05, 4.69) is 42.6 Å². The molecule has 0 saturated carbocycles. The third kappa shape index (κ3) is 4.14. The average Bonchev–Trinajstić information content (AvgIpc) is 2.75. The topological polar surface area (TPSA) is 75.5 Å². The molecule has 1 heterocycles. The van der Waals surface area contributed by atoms with Crippen LogP contribution in [-0.2, 0) is 0 Å². The number of carbonyl (C=O) groups excluding carboxylic acids is 1. The Morgan fingerprint density at radius 1 is 1.03 bits per heavy atom. The van der Waals surface area contributed by atoms with Crippen LogP contribution in [0, 0.1) is 24.0 Å². The maximum Gasteiger partial charge on any atom is 0.270 e. The molecule has 31 heavy (non-hydrogen) atoms. The summed E-state index contributed by atoms with van der Waals surface area (Å²) in [5.41, 5.74) is 5.48. The van der Waals surface area contributed by atoms with E-state index in [-0.39, 0.29) is 23.7 Å². The fraction of sp³-hybridized carbons (Fsp3) is 0.240. The number of aryl methyl sites for hydroxylation is 2. The third-order valence-electron chi connectivity index (χ3n) is 5.75. The van der Waals surface area contributed by atoms with Crippen LogP contribution in [0.5, 0.6) is 0 Å². The fourth-order valence-corrected chi connectivity index (χ4v) is 4.17. The van der Waals surface area contributed by atoms with E-state index in [0.29, 0.717) is 5.56 Å². The minimum atomic E-state index is -0.477. The van der Waals surface area contributed by atoms with Crippen LogP contribution in [0.3, 0.4) is 0 Å². The van der Waals surface area contributed by atoms with E-state index in [4.69, 9.17) is 0 Å². The monoisotopic (exact) mass is 415 g/mol. The van der Waals surface area contributed by atoms with E-state index in [1.165, 1.54) is 17.7 Å². The van der Waals surface area contributed by atoms with Gasteiger partial charge in [0.15, 0.2) is 0 Å². The molecule has 1 N–H and O–H groups in total. The highest BCUT2D eigenvalue weighted by atomic mass is 16.6. The van der Waals surface area contributed by atoms with Gasteiger partial charge in [-0.2, -0.15) is 0 Å². The van der Waals surface area contributed by atoms with Crippen LogP contribution in [0.25, 0.3) is 0 Å². The van der Waals surface area contributed by atoms with Gasteiger partial charge in [-0.1, -0.05) is 41.5 Å². The summed E-state index contributed by atoms with van der Waals surface area (Å²) in [4.78, 5) is 25.9. The second-order valence-corrected chi connectivity index (χ2v) is 8.19. The first-order chi connectivity index (χ1) is 14.8. The minimum Gasteiger partial charge on any atom is -0.378 e. The highest BCUT2D eigenvalue weighted by molar-refractivity contribution is 6.07. The third-order valence-corrected chi connectivity index (χ3v) is 5.75. The van der Waals surface area contributed by atoms with Crippen LogP contribution < -0.4 is 10.2 Å². The summed E-state index contributed by atoms with van der Waals surface area (Å²) in [5, 5.41) is 14.8. The Hall–Kier alpha value is -3.67. The summed E-state index contributed by atoms with van der Waals surface area (Å²) in [6.45, 7) is 6.11. The summed E-state index contributed by atoms with van der Waals surface area (Å²) in [5.74, 6) is -0.227. The number of rotatable bonds is 4. The quantitative estimate of drug-likeness (QED) is 0.431. The molecule has 0 unspecified atom stereocenters. The molecule has 0 aliphatic carbocycles. The zero-order valence-corrected chi connectivity index (χ0v) is 17.8. The number of nitro benzene ring substituents is 1. The lowest BCUT2D eigenvalue weighted by Gasteiger charge is -2.40. The van der Waals surface area contributed by atoms with Crippen LogP contribution in [0.15, 0.2) is 66.7 Å². The van der Waals surface area contributed by atoms with Crippen molar-refractivity contribution >= 4 is 23.0 Å². The summed E-state index contributed by atoms with van der Waals surface area (Å²) in [7, 11) is 0. The van der Waals surface area contributed by atoms with Gasteiger partial charge in [0.2, 0.25) is 0 Å². The second kappa shape index (κ2) is 8.22. The molecule has 0 radical (unpaired) electrons. The Bertz CT molecular complexity index is 1140. The maximum atomic E-state index is 13.4. The maximum absolute atomic E-state index is 13.4. The standard InChI is InChI=1S/C25H25N3O3/c1-16-7-10-20(11-8-16)26-23-14-18(3)27(24-12-9-17(2)13-22(23)24)25(29)19-5-4-6-21(15-19)28(30)31/h4-13,15,18,23,26H,14H2,1-3H3/t18-,23-/m1/s1. The Morgan fingerprint density at radius 3 is 2.45 bits per heavy atom. The average molecular weight is 415 g/mol. The predicted molar refractivity (Wildman–Crippen MR) is 123 cm³/mol. The number of hydrogen-bond acceptors (Lipinski definition) is 4. The number of non-ortho nitro benzene ring substituents is 1. The molecule has 6 heteroatoms. The molecule has 6 nitrogen and oxygen atoms in total. The lowest BCUT2D eigenvalue weighted by molar-refractivity contribution is -0.384. The Labute approximate surface area is 181 Å². The molecule has 1 aliphatic heterocycles. The van der Waals surface area contributed by atoms with E-state index in [0.717, 1.165) is 28.9 Å². The van der Waals surface area contributed by atoms with Crippen LogP contribution in [0.4, 0.5) is 17.1 Å². The lowest BCUT2D eigenvalue weighted by atomic mass is 9.89. The highest BCUT2D eigenvalue weighted by Gasteiger charge is 2.34. The van der Waals surface area contributed by atoms with Crippen molar-refractivity contribution in [3.05, 3.63) is 99.1 Å². The number of nitrogens with one attached hydrogen (secondary N) is 1. The molecule has 0 bridgehead atoms. The zero-order chi connectivity index (χ0) is 22.1. The van der Waals surface area contributed by atoms with Gasteiger partial charge < -0.3 is 10.2 Å². The summed E-state index contributed by atoms with van der Waals surface area (Å²) in [6.07, 6.45) is 0.727. The van der Waals surface area contributed by atoms with Gasteiger partial charge in [-0.15, -0.1) is 0 Å². The first-order valence-electron chi connectivity index (χ1n) is 10.4. The fourth-order valence-electron chi connectivity index (χ4n) is 4.17. The number of benzene rings is 3. The Morgan fingerprint density at radius 2 is 1.74 bits per heavy atom. The molecule has 4 rings (SSSR count). The van der Waals surface area contributed by atoms with Gasteiger partial charge >= 0.3 is 0 Å². The number of nitrogens with zero attached hydrogens (tertiary/aromatic N) is 2. The molecule has 1 amide bonds. The first-order valence-corrected chi connectivity index (χ1v) is 10.4. The number of carbonyl (C=O) groups is 1. The largest absolute Gasteiger partial charge is 0.378 e. The van der Waals surface area contributed by atoms with E-state index in [1.807, 2.05) is 26.0 Å². The molecule has 0 saturated heterocycles.